The second kappa shape index (κ2) is 15.3. The molecule has 0 radical (unpaired) electrons. The predicted molar refractivity (Wildman–Crippen MR) is 142 cm³/mol. The van der Waals surface area contributed by atoms with Crippen LogP contribution in [-0.2, 0) is 19.6 Å². The minimum Gasteiger partial charge on any atom is -0.334 e. The second-order valence-electron chi connectivity index (χ2n) is 8.65. The minimum atomic E-state index is -0.175. The zero-order valence-electron chi connectivity index (χ0n) is 21.9. The first-order valence-corrected chi connectivity index (χ1v) is 12.5. The highest BCUT2D eigenvalue weighted by Crippen LogP contribution is 2.06. The van der Waals surface area contributed by atoms with E-state index in [0.29, 0.717) is 52.2 Å². The summed E-state index contributed by atoms with van der Waals surface area (Å²) in [7, 11) is 3.49. The van der Waals surface area contributed by atoms with E-state index < -0.39 is 0 Å². The van der Waals surface area contributed by atoms with Crippen LogP contribution >= 0.6 is 0 Å². The standard InChI is InChI=1S/C27H40N6O3/c1-5-33(6-2)27(36)30-21-24-15-10-14-23(18-24)20-29-26(35)32(4)17-11-16-31(3)25(34)28-19-22-12-8-7-9-13-22/h7-10,12-15,18H,5-6,11,16-17,19-21H2,1-4H3,(H,28,34)(H,29,35)(H,30,36). The Labute approximate surface area is 214 Å². The van der Waals surface area contributed by atoms with Crippen LogP contribution in [0.2, 0.25) is 0 Å². The Kier molecular flexibility index (Phi) is 12.1. The molecule has 0 saturated carbocycles. The fourth-order valence-electron chi connectivity index (χ4n) is 3.62. The van der Waals surface area contributed by atoms with Gasteiger partial charge in [0.15, 0.2) is 0 Å². The van der Waals surface area contributed by atoms with Crippen LogP contribution in [-0.4, -0.2) is 73.1 Å². The van der Waals surface area contributed by atoms with Gasteiger partial charge in [-0.05, 0) is 37.0 Å². The molecular formula is C27H40N6O3. The SMILES string of the molecule is CCN(CC)C(=O)NCc1cccc(CNC(=O)N(C)CCCN(C)C(=O)NCc2ccccc2)c1. The van der Waals surface area contributed by atoms with Crippen molar-refractivity contribution in [3.8, 4) is 0 Å². The zero-order chi connectivity index (χ0) is 26.3. The monoisotopic (exact) mass is 496 g/mol. The molecule has 2 rings (SSSR count). The van der Waals surface area contributed by atoms with Gasteiger partial charge >= 0.3 is 18.1 Å². The van der Waals surface area contributed by atoms with E-state index in [1.54, 1.807) is 28.8 Å². The highest BCUT2D eigenvalue weighted by molar-refractivity contribution is 5.75. The second-order valence-corrected chi connectivity index (χ2v) is 8.65. The lowest BCUT2D eigenvalue weighted by Crippen LogP contribution is -2.40. The summed E-state index contributed by atoms with van der Waals surface area (Å²) in [6.45, 7) is 7.61. The van der Waals surface area contributed by atoms with Crippen molar-refractivity contribution in [1.29, 1.82) is 0 Å². The van der Waals surface area contributed by atoms with Crippen LogP contribution in [0.4, 0.5) is 14.4 Å². The van der Waals surface area contributed by atoms with Crippen molar-refractivity contribution in [3.05, 3.63) is 71.3 Å². The number of carbonyl (C=O) groups is 3. The molecule has 196 valence electrons. The van der Waals surface area contributed by atoms with Crippen LogP contribution in [0.5, 0.6) is 0 Å². The van der Waals surface area contributed by atoms with Gasteiger partial charge in [-0.25, -0.2) is 14.4 Å². The number of nitrogens with one attached hydrogen (secondary N) is 3. The van der Waals surface area contributed by atoms with E-state index in [1.165, 1.54) is 0 Å². The van der Waals surface area contributed by atoms with Crippen LogP contribution in [0, 0.1) is 0 Å². The molecule has 0 unspecified atom stereocenters. The number of hydrogen-bond donors (Lipinski definition) is 3. The summed E-state index contributed by atoms with van der Waals surface area (Å²) in [5.41, 5.74) is 2.98. The van der Waals surface area contributed by atoms with Crippen LogP contribution in [0.25, 0.3) is 0 Å². The number of nitrogens with zero attached hydrogens (tertiary/aromatic N) is 3. The highest BCUT2D eigenvalue weighted by atomic mass is 16.2. The summed E-state index contributed by atoms with van der Waals surface area (Å²) in [5, 5.41) is 8.75. The van der Waals surface area contributed by atoms with Crippen molar-refractivity contribution in [2.45, 2.75) is 39.9 Å². The van der Waals surface area contributed by atoms with Crippen LogP contribution in [0.3, 0.4) is 0 Å². The first kappa shape index (κ1) is 28.5. The molecule has 0 atom stereocenters. The third kappa shape index (κ3) is 9.85. The van der Waals surface area contributed by atoms with E-state index in [9.17, 15) is 14.4 Å². The van der Waals surface area contributed by atoms with E-state index in [-0.39, 0.29) is 18.1 Å². The number of carbonyl (C=O) groups excluding carboxylic acids is 3. The van der Waals surface area contributed by atoms with E-state index >= 15 is 0 Å². The molecule has 36 heavy (non-hydrogen) atoms. The van der Waals surface area contributed by atoms with Gasteiger partial charge in [0.1, 0.15) is 0 Å². The van der Waals surface area contributed by atoms with Gasteiger partial charge in [0.05, 0.1) is 0 Å². The minimum absolute atomic E-state index is 0.0837. The van der Waals surface area contributed by atoms with Crippen LogP contribution < -0.4 is 16.0 Å². The Bertz CT molecular complexity index is 965. The molecule has 2 aromatic rings. The molecule has 9 heteroatoms. The number of rotatable bonds is 12. The third-order valence-electron chi connectivity index (χ3n) is 5.90. The molecule has 0 spiro atoms. The Morgan fingerprint density at radius 1 is 0.639 bits per heavy atom. The smallest absolute Gasteiger partial charge is 0.317 e. The molecule has 0 heterocycles. The first-order chi connectivity index (χ1) is 17.3. The maximum atomic E-state index is 12.5. The third-order valence-corrected chi connectivity index (χ3v) is 5.90. The first-order valence-electron chi connectivity index (χ1n) is 12.5. The van der Waals surface area contributed by atoms with Crippen molar-refractivity contribution >= 4 is 18.1 Å². The summed E-state index contributed by atoms with van der Waals surface area (Å²) in [5.74, 6) is 0. The topological polar surface area (TPSA) is 97.0 Å². The lowest BCUT2D eigenvalue weighted by atomic mass is 10.1. The Balaban J connectivity index is 1.68. The summed E-state index contributed by atoms with van der Waals surface area (Å²) in [6, 6.07) is 17.2. The summed E-state index contributed by atoms with van der Waals surface area (Å²) in [4.78, 5) is 41.9. The lowest BCUT2D eigenvalue weighted by Gasteiger charge is -2.21. The van der Waals surface area contributed by atoms with Gasteiger partial charge in [-0.15, -0.1) is 0 Å². The van der Waals surface area contributed by atoms with Gasteiger partial charge in [-0.1, -0.05) is 54.6 Å². The lowest BCUT2D eigenvalue weighted by molar-refractivity contribution is 0.198. The van der Waals surface area contributed by atoms with Crippen molar-refractivity contribution in [2.24, 2.45) is 0 Å². The number of benzene rings is 2. The molecule has 0 aromatic heterocycles. The zero-order valence-corrected chi connectivity index (χ0v) is 21.9. The highest BCUT2D eigenvalue weighted by Gasteiger charge is 2.12. The Morgan fingerprint density at radius 3 is 1.58 bits per heavy atom. The van der Waals surface area contributed by atoms with Crippen molar-refractivity contribution < 1.29 is 14.4 Å². The molecule has 0 fully saturated rings. The van der Waals surface area contributed by atoms with E-state index in [4.69, 9.17) is 0 Å². The maximum absolute atomic E-state index is 12.5. The van der Waals surface area contributed by atoms with Gasteiger partial charge in [0.25, 0.3) is 0 Å². The number of amides is 6. The normalized spacial score (nSPS) is 10.3. The van der Waals surface area contributed by atoms with Gasteiger partial charge in [0, 0.05) is 59.9 Å². The van der Waals surface area contributed by atoms with Gasteiger partial charge in [0.2, 0.25) is 0 Å². The molecule has 3 N–H and O–H groups in total. The molecule has 0 bridgehead atoms. The van der Waals surface area contributed by atoms with Gasteiger partial charge in [-0.3, -0.25) is 0 Å². The average molecular weight is 497 g/mol. The van der Waals surface area contributed by atoms with Crippen molar-refractivity contribution in [1.82, 2.24) is 30.7 Å². The Hall–Kier alpha value is -3.75. The number of hydrogen-bond acceptors (Lipinski definition) is 3. The number of urea groups is 3. The molecule has 0 aliphatic heterocycles. The quantitative estimate of drug-likeness (QED) is 0.419. The Morgan fingerprint density at radius 2 is 1.08 bits per heavy atom. The van der Waals surface area contributed by atoms with Crippen molar-refractivity contribution in [3.63, 3.8) is 0 Å². The molecule has 6 amide bonds. The average Bonchev–Trinajstić information content (AvgIpc) is 2.90. The summed E-state index contributed by atoms with van der Waals surface area (Å²) >= 11 is 0. The summed E-state index contributed by atoms with van der Waals surface area (Å²) < 4.78 is 0. The van der Waals surface area contributed by atoms with Gasteiger partial charge < -0.3 is 30.7 Å². The largest absolute Gasteiger partial charge is 0.334 e. The van der Waals surface area contributed by atoms with Crippen LogP contribution in [0.1, 0.15) is 37.0 Å². The fraction of sp³-hybridized carbons (Fsp3) is 0.444. The van der Waals surface area contributed by atoms with E-state index in [2.05, 4.69) is 16.0 Å². The molecule has 2 aromatic carbocycles. The van der Waals surface area contributed by atoms with E-state index in [1.807, 2.05) is 68.4 Å². The van der Waals surface area contributed by atoms with E-state index in [0.717, 1.165) is 16.7 Å². The van der Waals surface area contributed by atoms with Crippen LogP contribution in [0.15, 0.2) is 54.6 Å². The van der Waals surface area contributed by atoms with Crippen molar-refractivity contribution in [2.75, 3.05) is 40.3 Å². The summed E-state index contributed by atoms with van der Waals surface area (Å²) in [6.07, 6.45) is 0.668. The molecule has 0 aliphatic carbocycles. The molecule has 9 nitrogen and oxygen atoms in total. The molecule has 0 aliphatic rings. The fourth-order valence-corrected chi connectivity index (χ4v) is 3.62. The molecule has 0 saturated heterocycles. The molecular weight excluding hydrogens is 456 g/mol. The maximum Gasteiger partial charge on any atom is 0.317 e. The van der Waals surface area contributed by atoms with Gasteiger partial charge in [-0.2, -0.15) is 0 Å². The predicted octanol–water partition coefficient (Wildman–Crippen LogP) is 3.61.